The number of benzene rings is 1. The van der Waals surface area contributed by atoms with E-state index in [1.165, 1.54) is 0 Å². The van der Waals surface area contributed by atoms with Crippen molar-refractivity contribution in [1.29, 1.82) is 0 Å². The molecule has 1 fully saturated rings. The monoisotopic (exact) mass is 293 g/mol. The van der Waals surface area contributed by atoms with Crippen LogP contribution in [0.15, 0.2) is 18.2 Å². The highest BCUT2D eigenvalue weighted by Crippen LogP contribution is 2.22. The van der Waals surface area contributed by atoms with E-state index >= 15 is 0 Å². The number of aliphatic hydroxyl groups is 1. The summed E-state index contributed by atoms with van der Waals surface area (Å²) in [5.41, 5.74) is 2.21. The number of hydrogen-bond donors (Lipinski definition) is 2. The molecule has 0 saturated carbocycles. The van der Waals surface area contributed by atoms with Gasteiger partial charge in [0.15, 0.2) is 0 Å². The molecular weight excluding hydrogens is 266 g/mol. The second-order valence-electron chi connectivity index (χ2n) is 6.00. The van der Waals surface area contributed by atoms with Crippen molar-refractivity contribution in [3.63, 3.8) is 0 Å². The number of rotatable bonds is 6. The van der Waals surface area contributed by atoms with Crippen LogP contribution in [0.2, 0.25) is 0 Å². The van der Waals surface area contributed by atoms with Crippen molar-refractivity contribution in [2.24, 2.45) is 0 Å². The maximum absolute atomic E-state index is 10.1. The predicted octanol–water partition coefficient (Wildman–Crippen LogP) is 2.20. The molecule has 1 saturated heterocycles. The molecule has 1 aliphatic rings. The van der Waals surface area contributed by atoms with Gasteiger partial charge in [-0.15, -0.1) is 0 Å². The first-order valence-electron chi connectivity index (χ1n) is 7.78. The quantitative estimate of drug-likeness (QED) is 0.844. The predicted molar refractivity (Wildman–Crippen MR) is 83.9 cm³/mol. The van der Waals surface area contributed by atoms with Gasteiger partial charge in [0, 0.05) is 19.2 Å². The molecule has 1 aromatic carbocycles. The summed E-state index contributed by atoms with van der Waals surface area (Å²) >= 11 is 0. The molecule has 2 N–H and O–H groups in total. The highest BCUT2D eigenvalue weighted by molar-refractivity contribution is 5.39. The Labute approximate surface area is 127 Å². The fourth-order valence-corrected chi connectivity index (χ4v) is 2.75. The molecule has 0 spiro atoms. The van der Waals surface area contributed by atoms with E-state index in [-0.39, 0.29) is 0 Å². The molecule has 1 aliphatic heterocycles. The largest absolute Gasteiger partial charge is 0.490 e. The summed E-state index contributed by atoms with van der Waals surface area (Å²) in [6.07, 6.45) is 1.82. The lowest BCUT2D eigenvalue weighted by molar-refractivity contribution is 0.00964. The molecule has 21 heavy (non-hydrogen) atoms. The van der Waals surface area contributed by atoms with Crippen LogP contribution in [0.4, 0.5) is 0 Å². The number of aliphatic hydroxyl groups excluding tert-OH is 1. The number of aryl methyl sites for hydroxylation is 2. The lowest BCUT2D eigenvalue weighted by atomic mass is 10.0. The van der Waals surface area contributed by atoms with Crippen molar-refractivity contribution in [3.8, 4) is 5.75 Å². The molecule has 0 amide bonds. The molecule has 2 rings (SSSR count). The summed E-state index contributed by atoms with van der Waals surface area (Å²) in [6.45, 7) is 7.81. The van der Waals surface area contributed by atoms with Crippen LogP contribution in [-0.2, 0) is 4.74 Å². The summed E-state index contributed by atoms with van der Waals surface area (Å²) < 4.78 is 11.3. The third kappa shape index (κ3) is 4.99. The normalized spacial score (nSPS) is 23.8. The summed E-state index contributed by atoms with van der Waals surface area (Å²) in [6, 6.07) is 6.50. The van der Waals surface area contributed by atoms with Crippen molar-refractivity contribution in [1.82, 2.24) is 5.32 Å². The van der Waals surface area contributed by atoms with Crippen LogP contribution >= 0.6 is 0 Å². The first kappa shape index (κ1) is 16.3. The second-order valence-corrected chi connectivity index (χ2v) is 6.00. The zero-order valence-corrected chi connectivity index (χ0v) is 13.3. The molecule has 1 aromatic rings. The number of para-hydroxylation sites is 1. The molecule has 0 radical (unpaired) electrons. The van der Waals surface area contributed by atoms with E-state index in [0.717, 1.165) is 36.3 Å². The Bertz CT molecular complexity index is 429. The minimum atomic E-state index is -0.498. The number of ether oxygens (including phenoxy) is 2. The maximum Gasteiger partial charge on any atom is 0.125 e. The van der Waals surface area contributed by atoms with Crippen molar-refractivity contribution < 1.29 is 14.6 Å². The summed E-state index contributed by atoms with van der Waals surface area (Å²) in [4.78, 5) is 0. The van der Waals surface area contributed by atoms with Gasteiger partial charge >= 0.3 is 0 Å². The molecule has 0 aliphatic carbocycles. The standard InChI is InChI=1S/C17H27NO3/c1-12-5-4-6-13(2)17(12)21-11-16(19)10-18-15-7-8-20-14(3)9-15/h4-6,14-16,18-19H,7-11H2,1-3H3. The Hall–Kier alpha value is -1.10. The second kappa shape index (κ2) is 7.78. The van der Waals surface area contributed by atoms with Gasteiger partial charge in [0.25, 0.3) is 0 Å². The molecule has 1 heterocycles. The summed E-state index contributed by atoms with van der Waals surface area (Å²) in [7, 11) is 0. The van der Waals surface area contributed by atoms with Crippen LogP contribution in [0.5, 0.6) is 5.75 Å². The smallest absolute Gasteiger partial charge is 0.125 e. The fourth-order valence-electron chi connectivity index (χ4n) is 2.75. The average Bonchev–Trinajstić information content (AvgIpc) is 2.45. The molecule has 4 heteroatoms. The van der Waals surface area contributed by atoms with E-state index in [4.69, 9.17) is 9.47 Å². The van der Waals surface area contributed by atoms with E-state index in [9.17, 15) is 5.11 Å². The number of nitrogens with one attached hydrogen (secondary N) is 1. The Balaban J connectivity index is 1.73. The van der Waals surface area contributed by atoms with Crippen LogP contribution in [-0.4, -0.2) is 43.1 Å². The maximum atomic E-state index is 10.1. The third-order valence-electron chi connectivity index (χ3n) is 3.96. The van der Waals surface area contributed by atoms with Gasteiger partial charge in [-0.2, -0.15) is 0 Å². The van der Waals surface area contributed by atoms with Gasteiger partial charge in [0.05, 0.1) is 6.10 Å². The number of hydrogen-bond acceptors (Lipinski definition) is 4. The van der Waals surface area contributed by atoms with Crippen molar-refractivity contribution in [3.05, 3.63) is 29.3 Å². The summed E-state index contributed by atoms with van der Waals surface area (Å²) in [5.74, 6) is 0.885. The van der Waals surface area contributed by atoms with Crippen LogP contribution in [0.25, 0.3) is 0 Å². The van der Waals surface area contributed by atoms with Gasteiger partial charge in [-0.05, 0) is 44.7 Å². The van der Waals surface area contributed by atoms with E-state index in [1.807, 2.05) is 32.0 Å². The Morgan fingerprint density at radius 1 is 1.38 bits per heavy atom. The molecule has 0 aromatic heterocycles. The zero-order valence-electron chi connectivity index (χ0n) is 13.3. The highest BCUT2D eigenvalue weighted by atomic mass is 16.5. The Morgan fingerprint density at radius 2 is 2.10 bits per heavy atom. The van der Waals surface area contributed by atoms with E-state index in [2.05, 4.69) is 12.2 Å². The first-order valence-corrected chi connectivity index (χ1v) is 7.78. The zero-order chi connectivity index (χ0) is 15.2. The Morgan fingerprint density at radius 3 is 2.76 bits per heavy atom. The van der Waals surface area contributed by atoms with Crippen LogP contribution in [0.1, 0.15) is 30.9 Å². The average molecular weight is 293 g/mol. The third-order valence-corrected chi connectivity index (χ3v) is 3.96. The van der Waals surface area contributed by atoms with Crippen molar-refractivity contribution >= 4 is 0 Å². The topological polar surface area (TPSA) is 50.7 Å². The van der Waals surface area contributed by atoms with Gasteiger partial charge in [-0.3, -0.25) is 0 Å². The van der Waals surface area contributed by atoms with Crippen LogP contribution in [0, 0.1) is 13.8 Å². The SMILES string of the molecule is Cc1cccc(C)c1OCC(O)CNC1CCOC(C)C1. The van der Waals surface area contributed by atoms with Gasteiger partial charge in [0.2, 0.25) is 0 Å². The molecule has 118 valence electrons. The molecule has 0 bridgehead atoms. The van der Waals surface area contributed by atoms with Crippen LogP contribution < -0.4 is 10.1 Å². The first-order chi connectivity index (χ1) is 10.1. The van der Waals surface area contributed by atoms with Gasteiger partial charge < -0.3 is 19.9 Å². The molecule has 4 nitrogen and oxygen atoms in total. The van der Waals surface area contributed by atoms with Crippen LogP contribution in [0.3, 0.4) is 0 Å². The van der Waals surface area contributed by atoms with Crippen molar-refractivity contribution in [2.75, 3.05) is 19.8 Å². The van der Waals surface area contributed by atoms with Gasteiger partial charge in [-0.1, -0.05) is 18.2 Å². The minimum absolute atomic E-state index is 0.305. The molecule has 3 unspecified atom stereocenters. The lowest BCUT2D eigenvalue weighted by Crippen LogP contribution is -2.42. The van der Waals surface area contributed by atoms with Gasteiger partial charge in [0.1, 0.15) is 18.5 Å². The van der Waals surface area contributed by atoms with E-state index < -0.39 is 6.10 Å². The van der Waals surface area contributed by atoms with Gasteiger partial charge in [-0.25, -0.2) is 0 Å². The highest BCUT2D eigenvalue weighted by Gasteiger charge is 2.19. The molecule has 3 atom stereocenters. The lowest BCUT2D eigenvalue weighted by Gasteiger charge is -2.28. The van der Waals surface area contributed by atoms with Crippen molar-refractivity contribution in [2.45, 2.75) is 51.9 Å². The van der Waals surface area contributed by atoms with E-state index in [0.29, 0.717) is 25.3 Å². The summed E-state index contributed by atoms with van der Waals surface area (Å²) in [5, 5.41) is 13.5. The molecular formula is C17H27NO3. The minimum Gasteiger partial charge on any atom is -0.490 e. The van der Waals surface area contributed by atoms with E-state index in [1.54, 1.807) is 0 Å². The fraction of sp³-hybridized carbons (Fsp3) is 0.647. The Kier molecular flexibility index (Phi) is 6.03.